The van der Waals surface area contributed by atoms with Crippen LogP contribution in [0.1, 0.15) is 41.7 Å². The summed E-state index contributed by atoms with van der Waals surface area (Å²) in [6, 6.07) is 14.5. The third-order valence-corrected chi connectivity index (χ3v) is 6.59. The number of benzene rings is 2. The molecule has 0 aromatic heterocycles. The minimum atomic E-state index is -3.52. The largest absolute Gasteiger partial charge is 0.378 e. The summed E-state index contributed by atoms with van der Waals surface area (Å²) in [5.74, 6) is -0.0647. The number of hydrogen-bond acceptors (Lipinski definition) is 4. The zero-order valence-electron chi connectivity index (χ0n) is 16.6. The molecule has 150 valence electrons. The van der Waals surface area contributed by atoms with Crippen molar-refractivity contribution in [1.29, 1.82) is 0 Å². The number of likely N-dealkylation sites (tertiary alicyclic amines) is 1. The quantitative estimate of drug-likeness (QED) is 0.808. The van der Waals surface area contributed by atoms with Gasteiger partial charge in [-0.2, -0.15) is 0 Å². The molecule has 0 radical (unpaired) electrons. The number of carbonyl (C=O) groups excluding carboxylic acids is 1. The highest BCUT2D eigenvalue weighted by Crippen LogP contribution is 2.34. The van der Waals surface area contributed by atoms with E-state index in [9.17, 15) is 13.2 Å². The molecule has 1 atom stereocenters. The lowest BCUT2D eigenvalue weighted by molar-refractivity contribution is 0.0735. The average Bonchev–Trinajstić information content (AvgIpc) is 3.17. The summed E-state index contributed by atoms with van der Waals surface area (Å²) in [6.45, 7) is 2.76. The van der Waals surface area contributed by atoms with Gasteiger partial charge in [-0.25, -0.2) is 13.1 Å². The van der Waals surface area contributed by atoms with Crippen molar-refractivity contribution in [1.82, 2.24) is 9.62 Å². The van der Waals surface area contributed by atoms with Crippen molar-refractivity contribution >= 4 is 21.6 Å². The standard InChI is InChI=1S/C21H27N3O3S/c1-4-22-28(26,27)19-12-10-16(11-13-19)21(25)24-14-6-9-20(24)17-7-5-8-18(15-17)23(2)3/h5,7-8,10-13,15,20,22H,4,6,9,14H2,1-3H3. The maximum absolute atomic E-state index is 13.1. The fourth-order valence-electron chi connectivity index (χ4n) is 3.58. The van der Waals surface area contributed by atoms with Crippen LogP contribution < -0.4 is 9.62 Å². The van der Waals surface area contributed by atoms with E-state index in [1.54, 1.807) is 19.1 Å². The first-order chi connectivity index (χ1) is 13.3. The number of carbonyl (C=O) groups is 1. The Morgan fingerprint density at radius 2 is 1.89 bits per heavy atom. The van der Waals surface area contributed by atoms with Gasteiger partial charge in [-0.1, -0.05) is 19.1 Å². The van der Waals surface area contributed by atoms with Gasteiger partial charge < -0.3 is 9.80 Å². The van der Waals surface area contributed by atoms with Crippen molar-refractivity contribution in [2.75, 3.05) is 32.1 Å². The van der Waals surface area contributed by atoms with Gasteiger partial charge in [-0.3, -0.25) is 4.79 Å². The highest BCUT2D eigenvalue weighted by molar-refractivity contribution is 7.89. The fraction of sp³-hybridized carbons (Fsp3) is 0.381. The second-order valence-electron chi connectivity index (χ2n) is 7.17. The molecular formula is C21H27N3O3S. The first-order valence-electron chi connectivity index (χ1n) is 9.51. The SMILES string of the molecule is CCNS(=O)(=O)c1ccc(C(=O)N2CCCC2c2cccc(N(C)C)c2)cc1. The Morgan fingerprint density at radius 3 is 2.54 bits per heavy atom. The van der Waals surface area contributed by atoms with E-state index in [0.29, 0.717) is 18.7 Å². The van der Waals surface area contributed by atoms with Gasteiger partial charge in [0.05, 0.1) is 10.9 Å². The van der Waals surface area contributed by atoms with Crippen molar-refractivity contribution in [2.45, 2.75) is 30.7 Å². The molecule has 2 aromatic carbocycles. The Kier molecular flexibility index (Phi) is 6.05. The first-order valence-corrected chi connectivity index (χ1v) is 11.0. The molecule has 1 heterocycles. The van der Waals surface area contributed by atoms with E-state index in [-0.39, 0.29) is 16.8 Å². The Hall–Kier alpha value is -2.38. The van der Waals surface area contributed by atoms with Crippen LogP contribution in [0, 0.1) is 0 Å². The molecule has 1 aliphatic heterocycles. The van der Waals surface area contributed by atoms with E-state index < -0.39 is 10.0 Å². The van der Waals surface area contributed by atoms with Gasteiger partial charge >= 0.3 is 0 Å². The molecular weight excluding hydrogens is 374 g/mol. The molecule has 1 saturated heterocycles. The normalized spacial score (nSPS) is 17.0. The molecule has 1 unspecified atom stereocenters. The lowest BCUT2D eigenvalue weighted by atomic mass is 10.0. The minimum absolute atomic E-state index is 0.0394. The number of amides is 1. The molecule has 0 saturated carbocycles. The van der Waals surface area contributed by atoms with Gasteiger partial charge in [0.1, 0.15) is 0 Å². The predicted molar refractivity (Wildman–Crippen MR) is 111 cm³/mol. The monoisotopic (exact) mass is 401 g/mol. The summed E-state index contributed by atoms with van der Waals surface area (Å²) in [7, 11) is 0.481. The number of hydrogen-bond donors (Lipinski definition) is 1. The van der Waals surface area contributed by atoms with Crippen LogP contribution in [0.4, 0.5) is 5.69 Å². The molecule has 1 aliphatic rings. The van der Waals surface area contributed by atoms with Gasteiger partial charge in [0.25, 0.3) is 5.91 Å². The van der Waals surface area contributed by atoms with E-state index in [4.69, 9.17) is 0 Å². The van der Waals surface area contributed by atoms with Crippen molar-refractivity contribution in [3.63, 3.8) is 0 Å². The second kappa shape index (κ2) is 8.32. The Labute approximate surface area is 167 Å². The molecule has 3 rings (SSSR count). The highest BCUT2D eigenvalue weighted by atomic mass is 32.2. The maximum atomic E-state index is 13.1. The predicted octanol–water partition coefficient (Wildman–Crippen LogP) is 3.03. The summed E-state index contributed by atoms with van der Waals surface area (Å²) >= 11 is 0. The van der Waals surface area contributed by atoms with Crippen molar-refractivity contribution < 1.29 is 13.2 Å². The lowest BCUT2D eigenvalue weighted by Gasteiger charge is -2.26. The number of nitrogens with zero attached hydrogens (tertiary/aromatic N) is 2. The van der Waals surface area contributed by atoms with Gasteiger partial charge in [-0.05, 0) is 54.8 Å². The molecule has 7 heteroatoms. The fourth-order valence-corrected chi connectivity index (χ4v) is 4.62. The van der Waals surface area contributed by atoms with Crippen LogP contribution in [0.15, 0.2) is 53.4 Å². The summed E-state index contributed by atoms with van der Waals surface area (Å²) in [4.78, 5) is 17.2. The Balaban J connectivity index is 1.82. The molecule has 2 aromatic rings. The van der Waals surface area contributed by atoms with E-state index >= 15 is 0 Å². The van der Waals surface area contributed by atoms with E-state index in [2.05, 4.69) is 16.9 Å². The van der Waals surface area contributed by atoms with Crippen molar-refractivity contribution in [2.24, 2.45) is 0 Å². The van der Waals surface area contributed by atoms with E-state index in [1.165, 1.54) is 12.1 Å². The topological polar surface area (TPSA) is 69.7 Å². The average molecular weight is 402 g/mol. The molecule has 0 bridgehead atoms. The van der Waals surface area contributed by atoms with Gasteiger partial charge in [-0.15, -0.1) is 0 Å². The maximum Gasteiger partial charge on any atom is 0.254 e. The van der Waals surface area contributed by atoms with Crippen LogP contribution >= 0.6 is 0 Å². The molecule has 0 spiro atoms. The number of sulfonamides is 1. The Morgan fingerprint density at radius 1 is 1.18 bits per heavy atom. The van der Waals surface area contributed by atoms with Crippen LogP contribution in [0.2, 0.25) is 0 Å². The van der Waals surface area contributed by atoms with Crippen LogP contribution in [0.3, 0.4) is 0 Å². The first kappa shape index (κ1) is 20.4. The van der Waals surface area contributed by atoms with Gasteiger partial charge in [0, 0.05) is 38.4 Å². The number of rotatable bonds is 6. The zero-order valence-corrected chi connectivity index (χ0v) is 17.4. The minimum Gasteiger partial charge on any atom is -0.378 e. The molecule has 1 fully saturated rings. The van der Waals surface area contributed by atoms with Crippen LogP contribution in [0.25, 0.3) is 0 Å². The van der Waals surface area contributed by atoms with E-state index in [0.717, 1.165) is 24.1 Å². The highest BCUT2D eigenvalue weighted by Gasteiger charge is 2.31. The molecule has 28 heavy (non-hydrogen) atoms. The molecule has 6 nitrogen and oxygen atoms in total. The van der Waals surface area contributed by atoms with Crippen molar-refractivity contribution in [3.8, 4) is 0 Å². The van der Waals surface area contributed by atoms with Crippen LogP contribution in [-0.4, -0.2) is 46.4 Å². The number of anilines is 1. The molecule has 0 aliphatic carbocycles. The van der Waals surface area contributed by atoms with E-state index in [1.807, 2.05) is 36.0 Å². The third kappa shape index (κ3) is 4.20. The summed E-state index contributed by atoms with van der Waals surface area (Å²) in [5, 5.41) is 0. The lowest BCUT2D eigenvalue weighted by Crippen LogP contribution is -2.30. The second-order valence-corrected chi connectivity index (χ2v) is 8.94. The molecule has 1 amide bonds. The Bertz CT molecular complexity index is 940. The van der Waals surface area contributed by atoms with Crippen molar-refractivity contribution in [3.05, 3.63) is 59.7 Å². The summed E-state index contributed by atoms with van der Waals surface area (Å²) < 4.78 is 26.6. The smallest absolute Gasteiger partial charge is 0.254 e. The van der Waals surface area contributed by atoms with Gasteiger partial charge in [0.15, 0.2) is 0 Å². The molecule has 1 N–H and O–H groups in total. The van der Waals surface area contributed by atoms with Gasteiger partial charge in [0.2, 0.25) is 10.0 Å². The third-order valence-electron chi connectivity index (χ3n) is 5.03. The van der Waals surface area contributed by atoms with Crippen LogP contribution in [0.5, 0.6) is 0 Å². The van der Waals surface area contributed by atoms with Crippen LogP contribution in [-0.2, 0) is 10.0 Å². The number of nitrogens with one attached hydrogen (secondary N) is 1. The zero-order chi connectivity index (χ0) is 20.3. The summed E-state index contributed by atoms with van der Waals surface area (Å²) in [6.07, 6.45) is 1.88. The summed E-state index contributed by atoms with van der Waals surface area (Å²) in [5.41, 5.74) is 2.74.